The minimum absolute atomic E-state index is 0.000299. The zero-order valence-electron chi connectivity index (χ0n) is 16.7. The maximum Gasteiger partial charge on any atom is 0.322 e. The van der Waals surface area contributed by atoms with E-state index in [1.165, 1.54) is 29.8 Å². The number of nitrogens with one attached hydrogen (secondary N) is 1. The summed E-state index contributed by atoms with van der Waals surface area (Å²) < 4.78 is 30.1. The number of anilines is 1. The summed E-state index contributed by atoms with van der Waals surface area (Å²) in [5.74, 6) is -0.144. The van der Waals surface area contributed by atoms with Gasteiger partial charge in [0.15, 0.2) is 9.84 Å². The molecule has 1 amide bonds. The van der Waals surface area contributed by atoms with Crippen LogP contribution >= 0.6 is 11.6 Å². The lowest BCUT2D eigenvalue weighted by molar-refractivity contribution is -0.116. The molecule has 0 unspecified atom stereocenters. The van der Waals surface area contributed by atoms with Crippen molar-refractivity contribution in [2.45, 2.75) is 38.0 Å². The van der Waals surface area contributed by atoms with Crippen molar-refractivity contribution in [2.75, 3.05) is 11.1 Å². The molecule has 1 N–H and O–H groups in total. The maximum absolute atomic E-state index is 12.3. The molecule has 3 aromatic rings. The number of hydrogen-bond acceptors (Lipinski definition) is 6. The van der Waals surface area contributed by atoms with Crippen LogP contribution in [-0.4, -0.2) is 30.3 Å². The second kappa shape index (κ2) is 9.40. The largest absolute Gasteiger partial charge is 0.407 e. The SMILES string of the molecule is Cc1ccc(Cc2nnc(NC(=O)CCCS(=O)(=O)c3ccc(Cl)cc3)o2)c(C)c1. The smallest absolute Gasteiger partial charge is 0.322 e. The Morgan fingerprint density at radius 2 is 1.83 bits per heavy atom. The van der Waals surface area contributed by atoms with Crippen molar-refractivity contribution in [2.24, 2.45) is 0 Å². The fourth-order valence-electron chi connectivity index (χ4n) is 2.95. The van der Waals surface area contributed by atoms with Crippen molar-refractivity contribution in [3.8, 4) is 0 Å². The number of rotatable bonds is 8. The zero-order valence-corrected chi connectivity index (χ0v) is 18.3. The number of sulfone groups is 1. The van der Waals surface area contributed by atoms with Crippen LogP contribution in [0.1, 0.15) is 35.4 Å². The summed E-state index contributed by atoms with van der Waals surface area (Å²) in [4.78, 5) is 12.3. The number of hydrogen-bond donors (Lipinski definition) is 1. The summed E-state index contributed by atoms with van der Waals surface area (Å²) in [5, 5.41) is 10.8. The van der Waals surface area contributed by atoms with Gasteiger partial charge < -0.3 is 4.42 Å². The van der Waals surface area contributed by atoms with E-state index in [-0.39, 0.29) is 35.4 Å². The molecular formula is C21H22ClN3O4S. The molecular weight excluding hydrogens is 426 g/mol. The van der Waals surface area contributed by atoms with Crippen molar-refractivity contribution in [1.29, 1.82) is 0 Å². The van der Waals surface area contributed by atoms with Crippen LogP contribution in [0, 0.1) is 13.8 Å². The van der Waals surface area contributed by atoms with Crippen molar-refractivity contribution < 1.29 is 17.6 Å². The standard InChI is InChI=1S/C21H22ClN3O4S/c1-14-5-6-16(15(2)12-14)13-20-24-25-21(29-20)23-19(26)4-3-11-30(27,28)18-9-7-17(22)8-10-18/h5-10,12H,3-4,11,13H2,1-2H3,(H,23,25,26). The number of halogens is 1. The fourth-order valence-corrected chi connectivity index (χ4v) is 4.38. The molecule has 9 heteroatoms. The van der Waals surface area contributed by atoms with Crippen LogP contribution < -0.4 is 5.32 Å². The van der Waals surface area contributed by atoms with Crippen molar-refractivity contribution in [1.82, 2.24) is 10.2 Å². The van der Waals surface area contributed by atoms with E-state index >= 15 is 0 Å². The molecule has 1 heterocycles. The monoisotopic (exact) mass is 447 g/mol. The molecule has 2 aromatic carbocycles. The highest BCUT2D eigenvalue weighted by atomic mass is 35.5. The van der Waals surface area contributed by atoms with Gasteiger partial charge in [0.2, 0.25) is 11.8 Å². The van der Waals surface area contributed by atoms with Crippen LogP contribution in [0.3, 0.4) is 0 Å². The molecule has 0 fully saturated rings. The van der Waals surface area contributed by atoms with Gasteiger partial charge in [0, 0.05) is 11.4 Å². The molecule has 30 heavy (non-hydrogen) atoms. The molecule has 0 atom stereocenters. The van der Waals surface area contributed by atoms with Crippen LogP contribution in [0.15, 0.2) is 51.8 Å². The zero-order chi connectivity index (χ0) is 21.7. The first kappa shape index (κ1) is 22.0. The van der Waals surface area contributed by atoms with E-state index in [9.17, 15) is 13.2 Å². The average Bonchev–Trinajstić information content (AvgIpc) is 3.11. The van der Waals surface area contributed by atoms with E-state index in [1.54, 1.807) is 0 Å². The number of nitrogens with zero attached hydrogens (tertiary/aromatic N) is 2. The highest BCUT2D eigenvalue weighted by Crippen LogP contribution is 2.18. The van der Waals surface area contributed by atoms with Gasteiger partial charge >= 0.3 is 6.01 Å². The molecule has 0 bridgehead atoms. The van der Waals surface area contributed by atoms with Crippen LogP contribution in [0.2, 0.25) is 5.02 Å². The third-order valence-corrected chi connectivity index (χ3v) is 6.61. The van der Waals surface area contributed by atoms with Gasteiger partial charge in [0.25, 0.3) is 0 Å². The quantitative estimate of drug-likeness (QED) is 0.557. The first-order chi connectivity index (χ1) is 14.2. The Hall–Kier alpha value is -2.71. The highest BCUT2D eigenvalue weighted by Gasteiger charge is 2.16. The Morgan fingerprint density at radius 1 is 1.10 bits per heavy atom. The molecule has 0 aliphatic carbocycles. The minimum Gasteiger partial charge on any atom is -0.407 e. The predicted octanol–water partition coefficient (Wildman–Crippen LogP) is 4.12. The van der Waals surface area contributed by atoms with E-state index in [2.05, 4.69) is 21.6 Å². The lowest BCUT2D eigenvalue weighted by Crippen LogP contribution is -2.14. The van der Waals surface area contributed by atoms with Crippen LogP contribution in [0.4, 0.5) is 6.01 Å². The molecule has 0 aliphatic heterocycles. The first-order valence-corrected chi connectivity index (χ1v) is 11.4. The molecule has 1 aromatic heterocycles. The number of carbonyl (C=O) groups excluding carboxylic acids is 1. The maximum atomic E-state index is 12.3. The Bertz CT molecular complexity index is 1140. The molecule has 3 rings (SSSR count). The summed E-state index contributed by atoms with van der Waals surface area (Å²) in [6, 6.07) is 12.0. The average molecular weight is 448 g/mol. The number of amides is 1. The Balaban J connectivity index is 1.50. The molecule has 0 aliphatic rings. The Labute approximate surface area is 180 Å². The first-order valence-electron chi connectivity index (χ1n) is 9.39. The normalized spacial score (nSPS) is 11.4. The molecule has 0 saturated carbocycles. The molecule has 158 valence electrons. The Morgan fingerprint density at radius 3 is 2.53 bits per heavy atom. The van der Waals surface area contributed by atoms with Crippen molar-refractivity contribution >= 4 is 33.4 Å². The molecule has 7 nitrogen and oxygen atoms in total. The van der Waals surface area contributed by atoms with Gasteiger partial charge in [-0.15, -0.1) is 5.10 Å². The number of aryl methyl sites for hydroxylation is 2. The van der Waals surface area contributed by atoms with Gasteiger partial charge in [0.1, 0.15) is 0 Å². The van der Waals surface area contributed by atoms with Crippen LogP contribution in [-0.2, 0) is 21.1 Å². The van der Waals surface area contributed by atoms with Crippen molar-refractivity contribution in [3.05, 3.63) is 70.1 Å². The van der Waals surface area contributed by atoms with Crippen molar-refractivity contribution in [3.63, 3.8) is 0 Å². The summed E-state index contributed by atoms with van der Waals surface area (Å²) in [6.07, 6.45) is 0.649. The highest BCUT2D eigenvalue weighted by molar-refractivity contribution is 7.91. The topological polar surface area (TPSA) is 102 Å². The van der Waals surface area contributed by atoms with Crippen LogP contribution in [0.25, 0.3) is 0 Å². The van der Waals surface area contributed by atoms with Gasteiger partial charge in [-0.05, 0) is 55.7 Å². The number of aromatic nitrogens is 2. The minimum atomic E-state index is -3.47. The van der Waals surface area contributed by atoms with E-state index in [0.717, 1.165) is 11.1 Å². The molecule has 0 spiro atoms. The van der Waals surface area contributed by atoms with E-state index < -0.39 is 9.84 Å². The van der Waals surface area contributed by atoms with E-state index in [1.807, 2.05) is 26.0 Å². The fraction of sp³-hybridized carbons (Fsp3) is 0.286. The van der Waals surface area contributed by atoms with Gasteiger partial charge in [-0.3, -0.25) is 10.1 Å². The van der Waals surface area contributed by atoms with Gasteiger partial charge in [-0.25, -0.2) is 8.42 Å². The van der Waals surface area contributed by atoms with Gasteiger partial charge in [-0.1, -0.05) is 40.5 Å². The predicted molar refractivity (Wildman–Crippen MR) is 114 cm³/mol. The van der Waals surface area contributed by atoms with Crippen LogP contribution in [0.5, 0.6) is 0 Å². The molecule has 0 radical (unpaired) electrons. The van der Waals surface area contributed by atoms with E-state index in [4.69, 9.17) is 16.0 Å². The summed E-state index contributed by atoms with van der Waals surface area (Å²) in [6.45, 7) is 4.04. The molecule has 0 saturated heterocycles. The summed E-state index contributed by atoms with van der Waals surface area (Å²) in [7, 11) is -3.47. The summed E-state index contributed by atoms with van der Waals surface area (Å²) in [5.41, 5.74) is 3.36. The number of benzene rings is 2. The second-order valence-electron chi connectivity index (χ2n) is 7.03. The van der Waals surface area contributed by atoms with Gasteiger partial charge in [-0.2, -0.15) is 0 Å². The second-order valence-corrected chi connectivity index (χ2v) is 9.58. The Kier molecular flexibility index (Phi) is 6.89. The lowest BCUT2D eigenvalue weighted by atomic mass is 10.0. The van der Waals surface area contributed by atoms with Gasteiger partial charge in [0.05, 0.1) is 17.1 Å². The lowest BCUT2D eigenvalue weighted by Gasteiger charge is -2.05. The number of carbonyl (C=O) groups is 1. The third-order valence-electron chi connectivity index (χ3n) is 4.54. The summed E-state index contributed by atoms with van der Waals surface area (Å²) >= 11 is 5.78. The van der Waals surface area contributed by atoms with E-state index in [0.29, 0.717) is 17.3 Å². The third kappa shape index (κ3) is 5.90.